The van der Waals surface area contributed by atoms with Gasteiger partial charge in [0.05, 0.1) is 4.92 Å². The molecule has 0 saturated carbocycles. The monoisotopic (exact) mass is 186 g/mol. The number of nitro groups is 1. The maximum atomic E-state index is 10.5. The van der Waals surface area contributed by atoms with Gasteiger partial charge in [0.2, 0.25) is 0 Å². The van der Waals surface area contributed by atoms with Crippen LogP contribution in [0.3, 0.4) is 0 Å². The van der Waals surface area contributed by atoms with E-state index in [1.165, 1.54) is 11.3 Å². The predicted octanol–water partition coefficient (Wildman–Crippen LogP) is 2.40. The average Bonchev–Trinajstić information content (AvgIpc) is 2.32. The Labute approximate surface area is 74.4 Å². The fraction of sp³-hybridized carbons (Fsp3) is 0.429. The van der Waals surface area contributed by atoms with E-state index in [0.29, 0.717) is 12.2 Å². The van der Waals surface area contributed by atoms with Gasteiger partial charge in [-0.15, -0.1) is 0 Å². The zero-order chi connectivity index (χ0) is 9.14. The van der Waals surface area contributed by atoms with E-state index in [1.807, 2.05) is 13.8 Å². The Morgan fingerprint density at radius 2 is 2.42 bits per heavy atom. The Bertz CT molecular complexity index is 296. The average molecular weight is 186 g/mol. The van der Waals surface area contributed by atoms with Gasteiger partial charge in [-0.3, -0.25) is 10.1 Å². The predicted molar refractivity (Wildman–Crippen MR) is 49.9 cm³/mol. The third kappa shape index (κ3) is 1.73. The van der Waals surface area contributed by atoms with Gasteiger partial charge in [-0.05, 0) is 19.9 Å². The highest BCUT2D eigenvalue weighted by molar-refractivity contribution is 7.15. The summed E-state index contributed by atoms with van der Waals surface area (Å²) in [7, 11) is 0. The van der Waals surface area contributed by atoms with Crippen LogP contribution in [0.25, 0.3) is 0 Å². The minimum absolute atomic E-state index is 0.203. The highest BCUT2D eigenvalue weighted by atomic mass is 32.1. The first-order chi connectivity index (χ1) is 5.65. The first-order valence-corrected chi connectivity index (χ1v) is 4.45. The molecule has 1 N–H and O–H groups in total. The summed E-state index contributed by atoms with van der Waals surface area (Å²) < 4.78 is 0. The summed E-state index contributed by atoms with van der Waals surface area (Å²) in [5.41, 5.74) is 0.630. The molecule has 0 spiro atoms. The van der Waals surface area contributed by atoms with Crippen LogP contribution in [0.1, 0.15) is 11.8 Å². The van der Waals surface area contributed by atoms with Gasteiger partial charge < -0.3 is 5.32 Å². The Kier molecular flexibility index (Phi) is 2.65. The number of aryl methyl sites for hydroxylation is 1. The van der Waals surface area contributed by atoms with E-state index < -0.39 is 0 Å². The maximum Gasteiger partial charge on any atom is 0.347 e. The van der Waals surface area contributed by atoms with Gasteiger partial charge in [-0.1, -0.05) is 11.3 Å². The van der Waals surface area contributed by atoms with Crippen LogP contribution < -0.4 is 5.32 Å². The second-order valence-electron chi connectivity index (χ2n) is 2.36. The van der Waals surface area contributed by atoms with Gasteiger partial charge in [0.15, 0.2) is 0 Å². The third-order valence-electron chi connectivity index (χ3n) is 1.37. The summed E-state index contributed by atoms with van der Waals surface area (Å²) in [6.07, 6.45) is 0. The molecule has 0 atom stereocenters. The van der Waals surface area contributed by atoms with Gasteiger partial charge in [0.1, 0.15) is 5.69 Å². The Morgan fingerprint density at radius 3 is 2.92 bits per heavy atom. The largest absolute Gasteiger partial charge is 0.379 e. The van der Waals surface area contributed by atoms with Crippen LogP contribution in [0.4, 0.5) is 10.7 Å². The second kappa shape index (κ2) is 3.53. The van der Waals surface area contributed by atoms with Crippen molar-refractivity contribution in [3.05, 3.63) is 21.1 Å². The van der Waals surface area contributed by atoms with Crippen molar-refractivity contribution in [1.29, 1.82) is 0 Å². The summed E-state index contributed by atoms with van der Waals surface area (Å²) in [6, 6.07) is 1.80. The SMILES string of the molecule is CCNc1cc(C)sc1[N+](=O)[O-]. The Balaban J connectivity index is 2.99. The molecule has 5 heteroatoms. The van der Waals surface area contributed by atoms with E-state index in [4.69, 9.17) is 0 Å². The summed E-state index contributed by atoms with van der Waals surface area (Å²) >= 11 is 1.20. The summed E-state index contributed by atoms with van der Waals surface area (Å²) in [6.45, 7) is 4.48. The van der Waals surface area contributed by atoms with Crippen LogP contribution in [-0.4, -0.2) is 11.5 Å². The highest BCUT2D eigenvalue weighted by Crippen LogP contribution is 2.33. The fourth-order valence-electron chi connectivity index (χ4n) is 0.955. The van der Waals surface area contributed by atoms with Gasteiger partial charge in [0.25, 0.3) is 0 Å². The number of hydrogen-bond acceptors (Lipinski definition) is 4. The molecule has 12 heavy (non-hydrogen) atoms. The Morgan fingerprint density at radius 1 is 1.75 bits per heavy atom. The van der Waals surface area contributed by atoms with Crippen LogP contribution in [0.5, 0.6) is 0 Å². The molecule has 0 aromatic carbocycles. The molecule has 0 radical (unpaired) electrons. The fourth-order valence-corrected chi connectivity index (χ4v) is 1.75. The number of hydrogen-bond donors (Lipinski definition) is 1. The van der Waals surface area contributed by atoms with Crippen molar-refractivity contribution in [1.82, 2.24) is 0 Å². The van der Waals surface area contributed by atoms with Gasteiger partial charge in [-0.2, -0.15) is 0 Å². The molecule has 0 aliphatic rings. The van der Waals surface area contributed by atoms with E-state index in [-0.39, 0.29) is 9.92 Å². The molecule has 1 aromatic rings. The molecule has 0 amide bonds. The third-order valence-corrected chi connectivity index (χ3v) is 2.37. The van der Waals surface area contributed by atoms with Crippen molar-refractivity contribution in [2.75, 3.05) is 11.9 Å². The molecule has 1 heterocycles. The molecule has 0 bridgehead atoms. The highest BCUT2D eigenvalue weighted by Gasteiger charge is 2.16. The quantitative estimate of drug-likeness (QED) is 0.582. The van der Waals surface area contributed by atoms with Crippen molar-refractivity contribution in [3.8, 4) is 0 Å². The van der Waals surface area contributed by atoms with Crippen molar-refractivity contribution in [3.63, 3.8) is 0 Å². The van der Waals surface area contributed by atoms with Crippen LogP contribution in [0, 0.1) is 17.0 Å². The normalized spacial score (nSPS) is 9.83. The van der Waals surface area contributed by atoms with Gasteiger partial charge >= 0.3 is 5.00 Å². The van der Waals surface area contributed by atoms with Gasteiger partial charge in [-0.25, -0.2) is 0 Å². The van der Waals surface area contributed by atoms with Crippen LogP contribution in [0.15, 0.2) is 6.07 Å². The lowest BCUT2D eigenvalue weighted by atomic mass is 10.4. The molecule has 66 valence electrons. The second-order valence-corrected chi connectivity index (χ2v) is 3.60. The lowest BCUT2D eigenvalue weighted by Gasteiger charge is -1.96. The van der Waals surface area contributed by atoms with Crippen molar-refractivity contribution in [2.24, 2.45) is 0 Å². The van der Waals surface area contributed by atoms with Gasteiger partial charge in [0, 0.05) is 11.4 Å². The summed E-state index contributed by atoms with van der Waals surface area (Å²) in [5.74, 6) is 0. The van der Waals surface area contributed by atoms with Crippen molar-refractivity contribution in [2.45, 2.75) is 13.8 Å². The zero-order valence-corrected chi connectivity index (χ0v) is 7.77. The molecular weight excluding hydrogens is 176 g/mol. The minimum atomic E-state index is -0.352. The van der Waals surface area contributed by atoms with E-state index in [9.17, 15) is 10.1 Å². The van der Waals surface area contributed by atoms with E-state index in [1.54, 1.807) is 6.07 Å². The number of rotatable bonds is 3. The molecule has 0 aliphatic heterocycles. The Hall–Kier alpha value is -1.10. The molecule has 0 saturated heterocycles. The van der Waals surface area contributed by atoms with Crippen molar-refractivity contribution < 1.29 is 4.92 Å². The molecular formula is C7H10N2O2S. The topological polar surface area (TPSA) is 55.2 Å². The van der Waals surface area contributed by atoms with E-state index in [2.05, 4.69) is 5.32 Å². The van der Waals surface area contributed by atoms with E-state index in [0.717, 1.165) is 4.88 Å². The smallest absolute Gasteiger partial charge is 0.347 e. The molecule has 4 nitrogen and oxygen atoms in total. The molecule has 0 fully saturated rings. The summed E-state index contributed by atoms with van der Waals surface area (Å²) in [5, 5.41) is 13.6. The summed E-state index contributed by atoms with van der Waals surface area (Å²) in [4.78, 5) is 11.1. The lowest BCUT2D eigenvalue weighted by Crippen LogP contribution is -1.97. The number of nitrogens with zero attached hydrogens (tertiary/aromatic N) is 1. The minimum Gasteiger partial charge on any atom is -0.379 e. The molecule has 0 unspecified atom stereocenters. The number of thiophene rings is 1. The molecule has 0 aliphatic carbocycles. The van der Waals surface area contributed by atoms with Crippen molar-refractivity contribution >= 4 is 22.0 Å². The van der Waals surface area contributed by atoms with E-state index >= 15 is 0 Å². The molecule has 1 rings (SSSR count). The number of anilines is 1. The lowest BCUT2D eigenvalue weighted by molar-refractivity contribution is -0.379. The number of nitrogens with one attached hydrogen (secondary N) is 1. The zero-order valence-electron chi connectivity index (χ0n) is 6.96. The van der Waals surface area contributed by atoms with Crippen LogP contribution in [0.2, 0.25) is 0 Å². The maximum absolute atomic E-state index is 10.5. The van der Waals surface area contributed by atoms with Crippen LogP contribution in [-0.2, 0) is 0 Å². The first-order valence-electron chi connectivity index (χ1n) is 3.64. The molecule has 1 aromatic heterocycles. The first kappa shape index (κ1) is 8.99. The standard InChI is InChI=1S/C7H10N2O2S/c1-3-8-6-4-5(2)12-7(6)9(10)11/h4,8H,3H2,1-2H3. The van der Waals surface area contributed by atoms with Crippen LogP contribution >= 0.6 is 11.3 Å².